The highest BCUT2D eigenvalue weighted by molar-refractivity contribution is 5.53. The summed E-state index contributed by atoms with van der Waals surface area (Å²) in [6.07, 6.45) is 8.32. The summed E-state index contributed by atoms with van der Waals surface area (Å²) in [6.45, 7) is 2.73. The first-order valence-corrected chi connectivity index (χ1v) is 8.79. The second-order valence-electron chi connectivity index (χ2n) is 6.75. The van der Waals surface area contributed by atoms with Gasteiger partial charge in [0.15, 0.2) is 5.82 Å². The average molecular weight is 346 g/mol. The molecule has 1 aliphatic rings. The Hall–Kier alpha value is -2.86. The number of nitrogens with zero attached hydrogens (tertiary/aromatic N) is 6. The molecule has 0 saturated heterocycles. The fourth-order valence-corrected chi connectivity index (χ4v) is 3.34. The van der Waals surface area contributed by atoms with Gasteiger partial charge in [-0.15, -0.1) is 0 Å². The van der Waals surface area contributed by atoms with Gasteiger partial charge in [-0.25, -0.2) is 15.0 Å². The average Bonchev–Trinajstić information content (AvgIpc) is 2.68. The van der Waals surface area contributed by atoms with Crippen molar-refractivity contribution in [1.82, 2.24) is 24.8 Å². The molecule has 4 heterocycles. The fourth-order valence-electron chi connectivity index (χ4n) is 3.34. The first kappa shape index (κ1) is 16.6. The van der Waals surface area contributed by atoms with Crippen molar-refractivity contribution < 1.29 is 0 Å². The van der Waals surface area contributed by atoms with E-state index in [0.29, 0.717) is 0 Å². The molecule has 132 valence electrons. The molecule has 0 fully saturated rings. The summed E-state index contributed by atoms with van der Waals surface area (Å²) in [7, 11) is 4.07. The van der Waals surface area contributed by atoms with E-state index in [1.807, 2.05) is 50.9 Å². The number of rotatable bonds is 4. The predicted octanol–water partition coefficient (Wildman–Crippen LogP) is 2.56. The van der Waals surface area contributed by atoms with E-state index in [1.54, 1.807) is 6.20 Å². The highest BCUT2D eigenvalue weighted by Gasteiger charge is 2.20. The van der Waals surface area contributed by atoms with E-state index in [2.05, 4.69) is 30.8 Å². The van der Waals surface area contributed by atoms with Crippen LogP contribution in [0.2, 0.25) is 0 Å². The van der Waals surface area contributed by atoms with E-state index >= 15 is 0 Å². The van der Waals surface area contributed by atoms with Crippen molar-refractivity contribution in [1.29, 1.82) is 0 Å². The van der Waals surface area contributed by atoms with E-state index in [0.717, 1.165) is 49.0 Å². The lowest BCUT2D eigenvalue weighted by atomic mass is 10.1. The van der Waals surface area contributed by atoms with Gasteiger partial charge < -0.3 is 4.90 Å². The summed E-state index contributed by atoms with van der Waals surface area (Å²) in [5.74, 6) is 1.79. The Morgan fingerprint density at radius 2 is 1.96 bits per heavy atom. The highest BCUT2D eigenvalue weighted by Crippen LogP contribution is 2.23. The lowest BCUT2D eigenvalue weighted by Crippen LogP contribution is -2.31. The lowest BCUT2D eigenvalue weighted by Gasteiger charge is -2.29. The fraction of sp³-hybridized carbons (Fsp3) is 0.300. The van der Waals surface area contributed by atoms with E-state index < -0.39 is 0 Å². The Bertz CT molecular complexity index is 894. The summed E-state index contributed by atoms with van der Waals surface area (Å²) < 4.78 is 0. The largest absolute Gasteiger partial charge is 0.362 e. The van der Waals surface area contributed by atoms with Crippen LogP contribution in [0.15, 0.2) is 49.1 Å². The molecule has 6 nitrogen and oxygen atoms in total. The van der Waals surface area contributed by atoms with Crippen molar-refractivity contribution >= 4 is 5.82 Å². The molecular weight excluding hydrogens is 324 g/mol. The van der Waals surface area contributed by atoms with Crippen molar-refractivity contribution in [2.24, 2.45) is 0 Å². The maximum Gasteiger partial charge on any atom is 0.160 e. The minimum Gasteiger partial charge on any atom is -0.362 e. The van der Waals surface area contributed by atoms with Crippen LogP contribution in [0.5, 0.6) is 0 Å². The molecule has 0 N–H and O–H groups in total. The minimum absolute atomic E-state index is 0.757. The van der Waals surface area contributed by atoms with Gasteiger partial charge in [-0.05, 0) is 18.2 Å². The van der Waals surface area contributed by atoms with Crippen LogP contribution in [0.1, 0.15) is 16.8 Å². The maximum absolute atomic E-state index is 4.77. The second kappa shape index (κ2) is 7.17. The van der Waals surface area contributed by atoms with Gasteiger partial charge in [0.05, 0.1) is 5.69 Å². The third kappa shape index (κ3) is 3.41. The molecule has 0 radical (unpaired) electrons. The third-order valence-corrected chi connectivity index (χ3v) is 4.62. The number of hydrogen-bond acceptors (Lipinski definition) is 6. The molecule has 0 bridgehead atoms. The van der Waals surface area contributed by atoms with Gasteiger partial charge in [0, 0.05) is 81.6 Å². The van der Waals surface area contributed by atoms with Crippen molar-refractivity contribution in [2.45, 2.75) is 19.5 Å². The number of fused-ring (bicyclic) bond motifs is 1. The van der Waals surface area contributed by atoms with E-state index in [1.165, 1.54) is 11.1 Å². The van der Waals surface area contributed by atoms with Crippen molar-refractivity contribution in [2.75, 3.05) is 25.5 Å². The molecule has 0 saturated carbocycles. The number of pyridine rings is 2. The molecule has 3 aromatic heterocycles. The van der Waals surface area contributed by atoms with Crippen molar-refractivity contribution in [3.63, 3.8) is 0 Å². The van der Waals surface area contributed by atoms with E-state index in [9.17, 15) is 0 Å². The molecule has 0 atom stereocenters. The van der Waals surface area contributed by atoms with Crippen LogP contribution >= 0.6 is 0 Å². The summed E-state index contributed by atoms with van der Waals surface area (Å²) in [4.78, 5) is 22.5. The number of aromatic nitrogens is 4. The number of anilines is 1. The van der Waals surface area contributed by atoms with Crippen molar-refractivity contribution in [3.05, 3.63) is 65.9 Å². The van der Waals surface area contributed by atoms with Gasteiger partial charge in [-0.3, -0.25) is 9.88 Å². The zero-order valence-corrected chi connectivity index (χ0v) is 15.1. The molecule has 6 heteroatoms. The third-order valence-electron chi connectivity index (χ3n) is 4.62. The van der Waals surface area contributed by atoms with E-state index in [-0.39, 0.29) is 0 Å². The molecule has 0 aliphatic carbocycles. The molecule has 4 rings (SSSR count). The Balaban J connectivity index is 1.52. The Kier molecular flexibility index (Phi) is 4.58. The van der Waals surface area contributed by atoms with Crippen molar-refractivity contribution in [3.8, 4) is 11.4 Å². The first-order valence-electron chi connectivity index (χ1n) is 8.79. The zero-order chi connectivity index (χ0) is 17.9. The molecule has 0 unspecified atom stereocenters. The molecule has 1 aliphatic heterocycles. The monoisotopic (exact) mass is 346 g/mol. The van der Waals surface area contributed by atoms with Gasteiger partial charge in [-0.1, -0.05) is 6.07 Å². The van der Waals surface area contributed by atoms with Crippen LogP contribution in [-0.4, -0.2) is 45.5 Å². The Morgan fingerprint density at radius 3 is 2.77 bits per heavy atom. The summed E-state index contributed by atoms with van der Waals surface area (Å²) in [5, 5.41) is 0. The Labute approximate surface area is 153 Å². The van der Waals surface area contributed by atoms with Crippen LogP contribution in [0.25, 0.3) is 11.4 Å². The second-order valence-corrected chi connectivity index (χ2v) is 6.75. The van der Waals surface area contributed by atoms with Gasteiger partial charge in [0.1, 0.15) is 5.82 Å². The molecule has 0 aromatic carbocycles. The predicted molar refractivity (Wildman–Crippen MR) is 102 cm³/mol. The molecule has 0 amide bonds. The summed E-state index contributed by atoms with van der Waals surface area (Å²) in [5.41, 5.74) is 4.56. The van der Waals surface area contributed by atoms with Gasteiger partial charge in [-0.2, -0.15) is 0 Å². The minimum atomic E-state index is 0.757. The standard InChI is InChI=1S/C20H22N6/c1-25(2)20-16(6-4-9-22-20)13-26-10-7-18-17(14-26)12-23-19(24-18)15-5-3-8-21-11-15/h3-6,8-9,11-12H,7,10,13-14H2,1-2H3. The Morgan fingerprint density at radius 1 is 1.08 bits per heavy atom. The van der Waals surface area contributed by atoms with Crippen LogP contribution in [0.3, 0.4) is 0 Å². The number of hydrogen-bond donors (Lipinski definition) is 0. The smallest absolute Gasteiger partial charge is 0.160 e. The van der Waals surface area contributed by atoms with Crippen LogP contribution in [0.4, 0.5) is 5.82 Å². The molecule has 3 aromatic rings. The first-order chi connectivity index (χ1) is 12.7. The topological polar surface area (TPSA) is 58.0 Å². The quantitative estimate of drug-likeness (QED) is 0.724. The van der Waals surface area contributed by atoms with Gasteiger partial charge in [0.25, 0.3) is 0 Å². The zero-order valence-electron chi connectivity index (χ0n) is 15.1. The summed E-state index contributed by atoms with van der Waals surface area (Å²) in [6, 6.07) is 8.06. The van der Waals surface area contributed by atoms with Gasteiger partial charge in [0.2, 0.25) is 0 Å². The van der Waals surface area contributed by atoms with Gasteiger partial charge >= 0.3 is 0 Å². The lowest BCUT2D eigenvalue weighted by molar-refractivity contribution is 0.243. The normalized spacial score (nSPS) is 14.1. The molecular formula is C20H22N6. The van der Waals surface area contributed by atoms with Crippen LogP contribution in [-0.2, 0) is 19.5 Å². The summed E-state index contributed by atoms with van der Waals surface area (Å²) >= 11 is 0. The van der Waals surface area contributed by atoms with Crippen LogP contribution < -0.4 is 4.90 Å². The van der Waals surface area contributed by atoms with Crippen LogP contribution in [0, 0.1) is 0 Å². The van der Waals surface area contributed by atoms with E-state index in [4.69, 9.17) is 4.98 Å². The molecule has 26 heavy (non-hydrogen) atoms. The maximum atomic E-state index is 4.77. The SMILES string of the molecule is CN(C)c1ncccc1CN1CCc2nc(-c3cccnc3)ncc2C1. The highest BCUT2D eigenvalue weighted by atomic mass is 15.2. The molecule has 0 spiro atoms.